The number of esters is 1. The Labute approximate surface area is 96.6 Å². The van der Waals surface area contributed by atoms with Crippen LogP contribution in [-0.2, 0) is 9.47 Å². The number of hydrogen-bond donors (Lipinski definition) is 1. The van der Waals surface area contributed by atoms with Crippen LogP contribution in [0.25, 0.3) is 0 Å². The Hall–Kier alpha value is -1.63. The zero-order valence-corrected chi connectivity index (χ0v) is 9.80. The molecule has 1 rings (SSSR count). The Morgan fingerprint density at radius 1 is 1.38 bits per heavy atom. The zero-order valence-electron chi connectivity index (χ0n) is 8.98. The van der Waals surface area contributed by atoms with Gasteiger partial charge in [-0.15, -0.1) is 11.3 Å². The number of thiazole rings is 1. The Morgan fingerprint density at radius 2 is 2.06 bits per heavy atom. The summed E-state index contributed by atoms with van der Waals surface area (Å²) in [5.74, 6) is -0.560. The van der Waals surface area contributed by atoms with Crippen molar-refractivity contribution in [3.8, 4) is 0 Å². The first-order valence-corrected chi connectivity index (χ1v) is 5.61. The zero-order chi connectivity index (χ0) is 12.0. The van der Waals surface area contributed by atoms with E-state index in [4.69, 9.17) is 4.74 Å². The normalized spacial score (nSPS) is 9.62. The van der Waals surface area contributed by atoms with Crippen LogP contribution in [0.15, 0.2) is 5.51 Å². The molecule has 0 aliphatic carbocycles. The number of rotatable bonds is 4. The van der Waals surface area contributed by atoms with Gasteiger partial charge in [0.2, 0.25) is 0 Å². The molecule has 0 radical (unpaired) electrons. The molecule has 7 heteroatoms. The SMILES string of the molecule is CCOC(=O)Nc1scnc1C(=O)OCC. The Kier molecular flexibility index (Phi) is 4.71. The molecule has 0 fully saturated rings. The molecule has 0 bridgehead atoms. The van der Waals surface area contributed by atoms with Gasteiger partial charge < -0.3 is 9.47 Å². The van der Waals surface area contributed by atoms with E-state index in [-0.39, 0.29) is 18.9 Å². The topological polar surface area (TPSA) is 77.5 Å². The molecule has 0 aromatic carbocycles. The lowest BCUT2D eigenvalue weighted by molar-refractivity contribution is 0.0521. The average molecular weight is 244 g/mol. The molecular weight excluding hydrogens is 232 g/mol. The van der Waals surface area contributed by atoms with Gasteiger partial charge in [-0.05, 0) is 13.8 Å². The number of aromatic nitrogens is 1. The molecule has 0 atom stereocenters. The van der Waals surface area contributed by atoms with Gasteiger partial charge >= 0.3 is 12.1 Å². The number of carbonyl (C=O) groups excluding carboxylic acids is 2. The quantitative estimate of drug-likeness (QED) is 0.818. The number of ether oxygens (including phenoxy) is 2. The lowest BCUT2D eigenvalue weighted by Crippen LogP contribution is -2.15. The second-order valence-electron chi connectivity index (χ2n) is 2.60. The fourth-order valence-electron chi connectivity index (χ4n) is 0.940. The fraction of sp³-hybridized carbons (Fsp3) is 0.444. The molecule has 1 aromatic heterocycles. The molecule has 1 aromatic rings. The molecule has 0 saturated carbocycles. The molecule has 0 spiro atoms. The van der Waals surface area contributed by atoms with Crippen LogP contribution in [-0.4, -0.2) is 30.3 Å². The molecule has 0 unspecified atom stereocenters. The van der Waals surface area contributed by atoms with Gasteiger partial charge in [-0.1, -0.05) is 0 Å². The van der Waals surface area contributed by atoms with E-state index in [1.165, 1.54) is 5.51 Å². The molecule has 0 aliphatic rings. The maximum absolute atomic E-state index is 11.4. The van der Waals surface area contributed by atoms with Crippen LogP contribution in [0.2, 0.25) is 0 Å². The third-order valence-corrected chi connectivity index (χ3v) is 2.27. The van der Waals surface area contributed by atoms with E-state index in [1.54, 1.807) is 13.8 Å². The number of amides is 1. The number of nitrogens with one attached hydrogen (secondary N) is 1. The van der Waals surface area contributed by atoms with Crippen molar-refractivity contribution in [2.45, 2.75) is 13.8 Å². The van der Waals surface area contributed by atoms with Gasteiger partial charge in [0.25, 0.3) is 0 Å². The van der Waals surface area contributed by atoms with Gasteiger partial charge in [0.05, 0.1) is 18.7 Å². The monoisotopic (exact) mass is 244 g/mol. The van der Waals surface area contributed by atoms with Gasteiger partial charge in [0.15, 0.2) is 5.69 Å². The van der Waals surface area contributed by atoms with Crippen LogP contribution < -0.4 is 5.32 Å². The number of carbonyl (C=O) groups is 2. The van der Waals surface area contributed by atoms with Crippen molar-refractivity contribution in [2.75, 3.05) is 18.5 Å². The minimum absolute atomic E-state index is 0.0971. The molecule has 1 heterocycles. The summed E-state index contributed by atoms with van der Waals surface area (Å²) in [5.41, 5.74) is 1.55. The first-order chi connectivity index (χ1) is 7.69. The van der Waals surface area contributed by atoms with Crippen LogP contribution in [0.4, 0.5) is 9.80 Å². The molecule has 0 aliphatic heterocycles. The number of hydrogen-bond acceptors (Lipinski definition) is 6. The minimum atomic E-state index is -0.614. The summed E-state index contributed by atoms with van der Waals surface area (Å²) >= 11 is 1.13. The molecule has 88 valence electrons. The summed E-state index contributed by atoms with van der Waals surface area (Å²) in [4.78, 5) is 26.4. The van der Waals surface area contributed by atoms with Crippen molar-refractivity contribution in [1.29, 1.82) is 0 Å². The van der Waals surface area contributed by atoms with Gasteiger partial charge in [-0.3, -0.25) is 5.32 Å². The lowest BCUT2D eigenvalue weighted by Gasteiger charge is -2.04. The van der Waals surface area contributed by atoms with E-state index in [9.17, 15) is 9.59 Å². The highest BCUT2D eigenvalue weighted by Gasteiger charge is 2.17. The summed E-state index contributed by atoms with van der Waals surface area (Å²) in [6, 6.07) is 0. The maximum atomic E-state index is 11.4. The second-order valence-corrected chi connectivity index (χ2v) is 3.45. The lowest BCUT2D eigenvalue weighted by atomic mass is 10.4. The van der Waals surface area contributed by atoms with Crippen molar-refractivity contribution in [3.05, 3.63) is 11.2 Å². The molecular formula is C9H12N2O4S. The van der Waals surface area contributed by atoms with Crippen LogP contribution >= 0.6 is 11.3 Å². The molecule has 16 heavy (non-hydrogen) atoms. The van der Waals surface area contributed by atoms with Gasteiger partial charge in [0, 0.05) is 0 Å². The smallest absolute Gasteiger partial charge is 0.412 e. The summed E-state index contributed by atoms with van der Waals surface area (Å²) < 4.78 is 9.47. The molecule has 1 N–H and O–H groups in total. The fourth-order valence-corrected chi connectivity index (χ4v) is 1.59. The van der Waals surface area contributed by atoms with E-state index >= 15 is 0 Å². The van der Waals surface area contributed by atoms with Gasteiger partial charge in [-0.2, -0.15) is 0 Å². The van der Waals surface area contributed by atoms with Crippen LogP contribution in [0.3, 0.4) is 0 Å². The van der Waals surface area contributed by atoms with E-state index in [0.29, 0.717) is 5.00 Å². The van der Waals surface area contributed by atoms with Crippen LogP contribution in [0.5, 0.6) is 0 Å². The van der Waals surface area contributed by atoms with Gasteiger partial charge in [-0.25, -0.2) is 14.6 Å². The average Bonchev–Trinajstić information content (AvgIpc) is 2.66. The molecule has 0 saturated heterocycles. The van der Waals surface area contributed by atoms with E-state index < -0.39 is 12.1 Å². The Morgan fingerprint density at radius 3 is 2.69 bits per heavy atom. The second kappa shape index (κ2) is 6.06. The Bertz CT molecular complexity index is 377. The summed E-state index contributed by atoms with van der Waals surface area (Å²) in [6.45, 7) is 3.91. The largest absolute Gasteiger partial charge is 0.461 e. The number of anilines is 1. The van der Waals surface area contributed by atoms with E-state index in [2.05, 4.69) is 15.0 Å². The summed E-state index contributed by atoms with van der Waals surface area (Å²) in [6.07, 6.45) is -0.614. The molecule has 6 nitrogen and oxygen atoms in total. The Balaban J connectivity index is 2.70. The predicted octanol–water partition coefficient (Wildman–Crippen LogP) is 1.89. The highest BCUT2D eigenvalue weighted by molar-refractivity contribution is 7.14. The first kappa shape index (κ1) is 12.4. The van der Waals surface area contributed by atoms with E-state index in [1.807, 2.05) is 0 Å². The predicted molar refractivity (Wildman–Crippen MR) is 58.7 cm³/mol. The third kappa shape index (κ3) is 3.20. The third-order valence-electron chi connectivity index (χ3n) is 1.53. The van der Waals surface area contributed by atoms with Crippen molar-refractivity contribution < 1.29 is 19.1 Å². The minimum Gasteiger partial charge on any atom is -0.461 e. The highest BCUT2D eigenvalue weighted by atomic mass is 32.1. The standard InChI is InChI=1S/C9H12N2O4S/c1-3-14-8(12)6-7(16-5-10-6)11-9(13)15-4-2/h5H,3-4H2,1-2H3,(H,11,13). The first-order valence-electron chi connectivity index (χ1n) is 4.73. The number of nitrogens with zero attached hydrogens (tertiary/aromatic N) is 1. The molecule has 1 amide bonds. The van der Waals surface area contributed by atoms with E-state index in [0.717, 1.165) is 11.3 Å². The van der Waals surface area contributed by atoms with Crippen molar-refractivity contribution in [1.82, 2.24) is 4.98 Å². The summed E-state index contributed by atoms with van der Waals surface area (Å²) in [7, 11) is 0. The van der Waals surface area contributed by atoms with Crippen molar-refractivity contribution in [3.63, 3.8) is 0 Å². The van der Waals surface area contributed by atoms with Crippen LogP contribution in [0, 0.1) is 0 Å². The summed E-state index contributed by atoms with van der Waals surface area (Å²) in [5, 5.41) is 2.76. The maximum Gasteiger partial charge on any atom is 0.412 e. The van der Waals surface area contributed by atoms with Crippen molar-refractivity contribution >= 4 is 28.4 Å². The highest BCUT2D eigenvalue weighted by Crippen LogP contribution is 2.21. The van der Waals surface area contributed by atoms with Gasteiger partial charge in [0.1, 0.15) is 5.00 Å². The van der Waals surface area contributed by atoms with Crippen LogP contribution in [0.1, 0.15) is 24.3 Å². The van der Waals surface area contributed by atoms with Crippen molar-refractivity contribution in [2.24, 2.45) is 0 Å².